The van der Waals surface area contributed by atoms with E-state index in [1.165, 1.54) is 10.7 Å². The molecule has 1 saturated carbocycles. The van der Waals surface area contributed by atoms with E-state index in [2.05, 4.69) is 0 Å². The van der Waals surface area contributed by atoms with Gasteiger partial charge in [0.25, 0.3) is 10.2 Å². The molecule has 122 valence electrons. The van der Waals surface area contributed by atoms with Gasteiger partial charge in [-0.3, -0.25) is 4.79 Å². The van der Waals surface area contributed by atoms with Gasteiger partial charge >= 0.3 is 5.97 Å². The lowest BCUT2D eigenvalue weighted by Gasteiger charge is -2.33. The molecule has 7 heteroatoms. The third kappa shape index (κ3) is 4.17. The van der Waals surface area contributed by atoms with Crippen LogP contribution in [0.4, 0.5) is 0 Å². The number of aliphatic carboxylic acids is 1. The average molecular weight is 318 g/mol. The van der Waals surface area contributed by atoms with Crippen LogP contribution >= 0.6 is 0 Å². The smallest absolute Gasteiger partial charge is 0.303 e. The van der Waals surface area contributed by atoms with Gasteiger partial charge in [-0.2, -0.15) is 17.0 Å². The van der Waals surface area contributed by atoms with E-state index in [-0.39, 0.29) is 18.4 Å². The van der Waals surface area contributed by atoms with Crippen LogP contribution in [0.1, 0.15) is 51.4 Å². The van der Waals surface area contributed by atoms with Crippen molar-refractivity contribution in [1.29, 1.82) is 0 Å². The van der Waals surface area contributed by atoms with Gasteiger partial charge in [0, 0.05) is 32.6 Å². The first kappa shape index (κ1) is 16.7. The van der Waals surface area contributed by atoms with Gasteiger partial charge in [0.1, 0.15) is 0 Å². The molecular formula is C14H26N2O4S. The number of carbonyl (C=O) groups is 1. The van der Waals surface area contributed by atoms with Gasteiger partial charge in [0.15, 0.2) is 0 Å². The Balaban J connectivity index is 1.92. The molecule has 6 nitrogen and oxygen atoms in total. The summed E-state index contributed by atoms with van der Waals surface area (Å²) < 4.78 is 28.4. The Bertz CT molecular complexity index is 460. The van der Waals surface area contributed by atoms with Crippen LogP contribution < -0.4 is 0 Å². The highest BCUT2D eigenvalue weighted by atomic mass is 32.2. The van der Waals surface area contributed by atoms with Gasteiger partial charge in [-0.05, 0) is 31.6 Å². The van der Waals surface area contributed by atoms with Crippen molar-refractivity contribution < 1.29 is 18.3 Å². The second-order valence-electron chi connectivity index (χ2n) is 6.26. The van der Waals surface area contributed by atoms with Gasteiger partial charge in [-0.15, -0.1) is 0 Å². The first-order valence-electron chi connectivity index (χ1n) is 7.86. The predicted octanol–water partition coefficient (Wildman–Crippen LogP) is 1.68. The lowest BCUT2D eigenvalue weighted by atomic mass is 9.96. The Morgan fingerprint density at radius 3 is 2.52 bits per heavy atom. The minimum Gasteiger partial charge on any atom is -0.481 e. The standard InChI is InChI=1S/C14H26N2O4S/c1-15(13-5-3-2-4-6-13)21(19,20)16-10-9-12(11-16)7-8-14(17)18/h12-13H,2-11H2,1H3,(H,17,18). The summed E-state index contributed by atoms with van der Waals surface area (Å²) in [4.78, 5) is 10.6. The summed E-state index contributed by atoms with van der Waals surface area (Å²) in [6.07, 6.45) is 6.76. The molecule has 1 atom stereocenters. The quantitative estimate of drug-likeness (QED) is 0.808. The first-order valence-corrected chi connectivity index (χ1v) is 9.26. The van der Waals surface area contributed by atoms with Gasteiger partial charge < -0.3 is 5.11 Å². The molecule has 21 heavy (non-hydrogen) atoms. The van der Waals surface area contributed by atoms with E-state index in [1.807, 2.05) is 0 Å². The van der Waals surface area contributed by atoms with Crippen LogP contribution in [0, 0.1) is 5.92 Å². The van der Waals surface area contributed by atoms with Crippen molar-refractivity contribution in [1.82, 2.24) is 8.61 Å². The van der Waals surface area contributed by atoms with E-state index in [0.29, 0.717) is 19.5 Å². The van der Waals surface area contributed by atoms with Crippen molar-refractivity contribution in [2.75, 3.05) is 20.1 Å². The number of hydrogen-bond donors (Lipinski definition) is 1. The lowest BCUT2D eigenvalue weighted by molar-refractivity contribution is -0.137. The van der Waals surface area contributed by atoms with Gasteiger partial charge in [-0.1, -0.05) is 19.3 Å². The summed E-state index contributed by atoms with van der Waals surface area (Å²) in [7, 11) is -1.70. The molecule has 2 aliphatic rings. The fourth-order valence-corrected chi connectivity index (χ4v) is 5.07. The Hall–Kier alpha value is -0.660. The Morgan fingerprint density at radius 2 is 1.90 bits per heavy atom. The van der Waals surface area contributed by atoms with Crippen LogP contribution in [-0.4, -0.2) is 54.3 Å². The molecule has 0 aromatic heterocycles. The Labute approximate surface area is 127 Å². The minimum atomic E-state index is -3.39. The molecule has 1 heterocycles. The summed E-state index contributed by atoms with van der Waals surface area (Å²) in [6.45, 7) is 0.982. The summed E-state index contributed by atoms with van der Waals surface area (Å²) >= 11 is 0. The number of carboxylic acids is 1. The van der Waals surface area contributed by atoms with Gasteiger partial charge in [0.05, 0.1) is 0 Å². The van der Waals surface area contributed by atoms with E-state index < -0.39 is 16.2 Å². The molecule has 1 N–H and O–H groups in total. The highest BCUT2D eigenvalue weighted by Crippen LogP contribution is 2.28. The third-order valence-electron chi connectivity index (χ3n) is 4.79. The second kappa shape index (κ2) is 7.07. The molecule has 1 aliphatic heterocycles. The van der Waals surface area contributed by atoms with Crippen LogP contribution in [-0.2, 0) is 15.0 Å². The molecule has 1 unspecified atom stereocenters. The van der Waals surface area contributed by atoms with Crippen molar-refractivity contribution >= 4 is 16.2 Å². The third-order valence-corrected chi connectivity index (χ3v) is 6.80. The van der Waals surface area contributed by atoms with Crippen LogP contribution in [0.15, 0.2) is 0 Å². The summed E-state index contributed by atoms with van der Waals surface area (Å²) in [5.41, 5.74) is 0. The lowest BCUT2D eigenvalue weighted by Crippen LogP contribution is -2.46. The maximum atomic E-state index is 12.7. The molecule has 2 fully saturated rings. The Morgan fingerprint density at radius 1 is 1.24 bits per heavy atom. The molecule has 0 bridgehead atoms. The highest BCUT2D eigenvalue weighted by molar-refractivity contribution is 7.86. The average Bonchev–Trinajstić information content (AvgIpc) is 2.95. The number of carboxylic acid groups (broad SMARTS) is 1. The van der Waals surface area contributed by atoms with Crippen LogP contribution in [0.3, 0.4) is 0 Å². The fraction of sp³-hybridized carbons (Fsp3) is 0.929. The van der Waals surface area contributed by atoms with Crippen LogP contribution in [0.2, 0.25) is 0 Å². The van der Waals surface area contributed by atoms with E-state index in [0.717, 1.165) is 32.1 Å². The molecule has 0 aromatic rings. The van der Waals surface area contributed by atoms with Crippen molar-refractivity contribution in [3.63, 3.8) is 0 Å². The van der Waals surface area contributed by atoms with Crippen molar-refractivity contribution in [2.24, 2.45) is 5.92 Å². The van der Waals surface area contributed by atoms with Crippen LogP contribution in [0.5, 0.6) is 0 Å². The highest BCUT2D eigenvalue weighted by Gasteiger charge is 2.37. The largest absolute Gasteiger partial charge is 0.481 e. The topological polar surface area (TPSA) is 77.9 Å². The molecule has 0 radical (unpaired) electrons. The molecule has 0 spiro atoms. The molecule has 1 saturated heterocycles. The summed E-state index contributed by atoms with van der Waals surface area (Å²) in [5, 5.41) is 8.72. The van der Waals surface area contributed by atoms with E-state index >= 15 is 0 Å². The van der Waals surface area contributed by atoms with Crippen LogP contribution in [0.25, 0.3) is 0 Å². The molecule has 0 amide bonds. The SMILES string of the molecule is CN(C1CCCCC1)S(=O)(=O)N1CCC(CCC(=O)O)C1. The van der Waals surface area contributed by atoms with E-state index in [4.69, 9.17) is 5.11 Å². The predicted molar refractivity (Wildman–Crippen MR) is 80.1 cm³/mol. The van der Waals surface area contributed by atoms with E-state index in [1.54, 1.807) is 11.4 Å². The monoisotopic (exact) mass is 318 g/mol. The zero-order chi connectivity index (χ0) is 15.5. The van der Waals surface area contributed by atoms with Crippen molar-refractivity contribution in [2.45, 2.75) is 57.4 Å². The zero-order valence-electron chi connectivity index (χ0n) is 12.7. The maximum Gasteiger partial charge on any atom is 0.303 e. The molecule has 1 aliphatic carbocycles. The van der Waals surface area contributed by atoms with Gasteiger partial charge in [0.2, 0.25) is 0 Å². The molecule has 0 aromatic carbocycles. The summed E-state index contributed by atoms with van der Waals surface area (Å²) in [5.74, 6) is -0.633. The number of rotatable bonds is 6. The van der Waals surface area contributed by atoms with Crippen molar-refractivity contribution in [3.05, 3.63) is 0 Å². The number of hydrogen-bond acceptors (Lipinski definition) is 3. The number of nitrogens with zero attached hydrogens (tertiary/aromatic N) is 2. The fourth-order valence-electron chi connectivity index (χ4n) is 3.39. The summed E-state index contributed by atoms with van der Waals surface area (Å²) in [6, 6.07) is 0.127. The zero-order valence-corrected chi connectivity index (χ0v) is 13.5. The van der Waals surface area contributed by atoms with Crippen molar-refractivity contribution in [3.8, 4) is 0 Å². The maximum absolute atomic E-state index is 12.7. The molecule has 2 rings (SSSR count). The first-order chi connectivity index (χ1) is 9.91. The van der Waals surface area contributed by atoms with Gasteiger partial charge in [-0.25, -0.2) is 0 Å². The Kier molecular flexibility index (Phi) is 5.62. The van der Waals surface area contributed by atoms with E-state index in [9.17, 15) is 13.2 Å². The molecular weight excluding hydrogens is 292 g/mol. The normalized spacial score (nSPS) is 25.5. The second-order valence-corrected chi connectivity index (χ2v) is 8.25. The minimum absolute atomic E-state index is 0.122.